The molecule has 96 valence electrons. The number of hydrogen-bond donors (Lipinski definition) is 0. The fourth-order valence-corrected chi connectivity index (χ4v) is 1.58. The second-order valence-corrected chi connectivity index (χ2v) is 4.07. The van der Waals surface area contributed by atoms with E-state index in [9.17, 15) is 4.39 Å². The van der Waals surface area contributed by atoms with Crippen LogP contribution in [0.2, 0.25) is 0 Å². The second-order valence-electron chi connectivity index (χ2n) is 3.21. The van der Waals surface area contributed by atoms with Gasteiger partial charge in [-0.05, 0) is 41.9 Å². The van der Waals surface area contributed by atoms with Crippen molar-refractivity contribution in [3.05, 3.63) is 28.5 Å². The number of rotatable bonds is 7. The van der Waals surface area contributed by atoms with Crippen LogP contribution in [0.25, 0.3) is 0 Å². The van der Waals surface area contributed by atoms with Crippen LogP contribution in [0.3, 0.4) is 0 Å². The van der Waals surface area contributed by atoms with Crippen LogP contribution in [-0.2, 0) is 9.47 Å². The summed E-state index contributed by atoms with van der Waals surface area (Å²) < 4.78 is 30.0. The number of halogens is 2. The lowest BCUT2D eigenvalue weighted by Gasteiger charge is -2.19. The van der Waals surface area contributed by atoms with Gasteiger partial charge in [0.25, 0.3) is 0 Å². The van der Waals surface area contributed by atoms with E-state index in [0.717, 1.165) is 0 Å². The standard InChI is InChI=1S/C12H16BrFO3/c1-3-15-8-11(16-4-2)17-10-7-5-6-9(13)12(10)14/h5-7,11H,3-4,8H2,1-2H3. The maximum atomic E-state index is 13.7. The van der Waals surface area contributed by atoms with Gasteiger partial charge in [-0.25, -0.2) is 4.39 Å². The molecule has 1 unspecified atom stereocenters. The van der Waals surface area contributed by atoms with Gasteiger partial charge in [0.2, 0.25) is 6.29 Å². The van der Waals surface area contributed by atoms with Crippen molar-refractivity contribution < 1.29 is 18.6 Å². The summed E-state index contributed by atoms with van der Waals surface area (Å²) in [6.07, 6.45) is -0.594. The molecule has 0 aliphatic rings. The minimum Gasteiger partial charge on any atom is -0.459 e. The quantitative estimate of drug-likeness (QED) is 0.723. The minimum atomic E-state index is -0.594. The van der Waals surface area contributed by atoms with Crippen molar-refractivity contribution in [3.63, 3.8) is 0 Å². The first-order valence-corrected chi connectivity index (χ1v) is 6.28. The number of ether oxygens (including phenoxy) is 3. The lowest BCUT2D eigenvalue weighted by Crippen LogP contribution is -2.27. The molecule has 0 saturated carbocycles. The molecule has 17 heavy (non-hydrogen) atoms. The molecule has 0 radical (unpaired) electrons. The Hall–Kier alpha value is -0.650. The molecule has 0 aliphatic heterocycles. The van der Waals surface area contributed by atoms with Crippen molar-refractivity contribution in [2.75, 3.05) is 19.8 Å². The van der Waals surface area contributed by atoms with E-state index in [-0.39, 0.29) is 12.4 Å². The van der Waals surface area contributed by atoms with Crippen LogP contribution in [-0.4, -0.2) is 26.1 Å². The van der Waals surface area contributed by atoms with E-state index in [4.69, 9.17) is 14.2 Å². The van der Waals surface area contributed by atoms with Gasteiger partial charge in [-0.3, -0.25) is 0 Å². The summed E-state index contributed by atoms with van der Waals surface area (Å²) in [4.78, 5) is 0. The van der Waals surface area contributed by atoms with Crippen LogP contribution in [0.1, 0.15) is 13.8 Å². The zero-order valence-corrected chi connectivity index (χ0v) is 11.5. The molecule has 0 fully saturated rings. The Labute approximate surface area is 109 Å². The Kier molecular flexibility index (Phi) is 6.47. The third kappa shape index (κ3) is 4.61. The van der Waals surface area contributed by atoms with Gasteiger partial charge in [0.05, 0.1) is 4.47 Å². The number of hydrogen-bond acceptors (Lipinski definition) is 3. The predicted octanol–water partition coefficient (Wildman–Crippen LogP) is 3.37. The molecule has 1 atom stereocenters. The zero-order valence-electron chi connectivity index (χ0n) is 9.91. The minimum absolute atomic E-state index is 0.150. The highest BCUT2D eigenvalue weighted by atomic mass is 79.9. The van der Waals surface area contributed by atoms with Gasteiger partial charge in [0, 0.05) is 13.2 Å². The Bertz CT molecular complexity index is 347. The molecule has 0 saturated heterocycles. The maximum absolute atomic E-state index is 13.7. The van der Waals surface area contributed by atoms with Gasteiger partial charge in [-0.15, -0.1) is 0 Å². The van der Waals surface area contributed by atoms with E-state index in [1.807, 2.05) is 13.8 Å². The van der Waals surface area contributed by atoms with Gasteiger partial charge in [0.1, 0.15) is 6.61 Å². The molecule has 0 N–H and O–H groups in total. The van der Waals surface area contributed by atoms with Crippen molar-refractivity contribution in [2.24, 2.45) is 0 Å². The molecule has 0 aliphatic carbocycles. The van der Waals surface area contributed by atoms with E-state index in [1.54, 1.807) is 18.2 Å². The summed E-state index contributed by atoms with van der Waals surface area (Å²) in [5.41, 5.74) is 0. The lowest BCUT2D eigenvalue weighted by molar-refractivity contribution is -0.118. The van der Waals surface area contributed by atoms with Crippen molar-refractivity contribution in [3.8, 4) is 5.75 Å². The molecule has 0 amide bonds. The van der Waals surface area contributed by atoms with E-state index in [1.165, 1.54) is 0 Å². The van der Waals surface area contributed by atoms with Gasteiger partial charge in [-0.1, -0.05) is 6.07 Å². The van der Waals surface area contributed by atoms with Crippen LogP contribution in [0.4, 0.5) is 4.39 Å². The normalized spacial score (nSPS) is 12.5. The zero-order chi connectivity index (χ0) is 12.7. The first kappa shape index (κ1) is 14.4. The summed E-state index contributed by atoms with van der Waals surface area (Å²) in [7, 11) is 0. The van der Waals surface area contributed by atoms with Gasteiger partial charge in [-0.2, -0.15) is 0 Å². The smallest absolute Gasteiger partial charge is 0.223 e. The average molecular weight is 307 g/mol. The van der Waals surface area contributed by atoms with Crippen LogP contribution >= 0.6 is 15.9 Å². The maximum Gasteiger partial charge on any atom is 0.223 e. The third-order valence-electron chi connectivity index (χ3n) is 1.99. The SMILES string of the molecule is CCOCC(OCC)Oc1cccc(Br)c1F. The van der Waals surface area contributed by atoms with Gasteiger partial charge >= 0.3 is 0 Å². The van der Waals surface area contributed by atoms with E-state index < -0.39 is 12.1 Å². The molecular formula is C12H16BrFO3. The highest BCUT2D eigenvalue weighted by Gasteiger charge is 2.14. The summed E-state index contributed by atoms with van der Waals surface area (Å²) in [6, 6.07) is 4.87. The Morgan fingerprint density at radius 3 is 2.71 bits per heavy atom. The predicted molar refractivity (Wildman–Crippen MR) is 66.6 cm³/mol. The Balaban J connectivity index is 2.67. The first-order valence-electron chi connectivity index (χ1n) is 5.49. The molecule has 0 bridgehead atoms. The Morgan fingerprint density at radius 1 is 1.29 bits per heavy atom. The summed E-state index contributed by atoms with van der Waals surface area (Å²) in [6.45, 7) is 5.04. The van der Waals surface area contributed by atoms with Crippen LogP contribution in [0.15, 0.2) is 22.7 Å². The topological polar surface area (TPSA) is 27.7 Å². The average Bonchev–Trinajstić information content (AvgIpc) is 2.32. The van der Waals surface area contributed by atoms with E-state index >= 15 is 0 Å². The van der Waals surface area contributed by atoms with Crippen molar-refractivity contribution >= 4 is 15.9 Å². The molecule has 5 heteroatoms. The molecule has 1 aromatic rings. The third-order valence-corrected chi connectivity index (χ3v) is 2.60. The van der Waals surface area contributed by atoms with Gasteiger partial charge in [0.15, 0.2) is 11.6 Å². The number of benzene rings is 1. The van der Waals surface area contributed by atoms with E-state index in [0.29, 0.717) is 17.7 Å². The first-order chi connectivity index (χ1) is 8.19. The molecular weight excluding hydrogens is 291 g/mol. The van der Waals surface area contributed by atoms with Crippen molar-refractivity contribution in [2.45, 2.75) is 20.1 Å². The molecule has 0 aromatic heterocycles. The van der Waals surface area contributed by atoms with Crippen LogP contribution in [0.5, 0.6) is 5.75 Å². The fourth-order valence-electron chi connectivity index (χ4n) is 1.23. The van der Waals surface area contributed by atoms with Crippen LogP contribution < -0.4 is 4.74 Å². The highest BCUT2D eigenvalue weighted by molar-refractivity contribution is 9.10. The summed E-state index contributed by atoms with van der Waals surface area (Å²) in [5.74, 6) is -0.286. The van der Waals surface area contributed by atoms with Gasteiger partial charge < -0.3 is 14.2 Å². The van der Waals surface area contributed by atoms with Crippen molar-refractivity contribution in [1.29, 1.82) is 0 Å². The van der Waals surface area contributed by atoms with Crippen molar-refractivity contribution in [1.82, 2.24) is 0 Å². The summed E-state index contributed by atoms with van der Waals surface area (Å²) in [5, 5.41) is 0. The lowest BCUT2D eigenvalue weighted by atomic mass is 10.3. The molecule has 0 heterocycles. The molecule has 1 rings (SSSR count). The van der Waals surface area contributed by atoms with E-state index in [2.05, 4.69) is 15.9 Å². The second kappa shape index (κ2) is 7.63. The largest absolute Gasteiger partial charge is 0.459 e. The molecule has 1 aromatic carbocycles. The monoisotopic (exact) mass is 306 g/mol. The van der Waals surface area contributed by atoms with Crippen LogP contribution in [0, 0.1) is 5.82 Å². The fraction of sp³-hybridized carbons (Fsp3) is 0.500. The highest BCUT2D eigenvalue weighted by Crippen LogP contribution is 2.25. The molecule has 0 spiro atoms. The molecule has 3 nitrogen and oxygen atoms in total. The Morgan fingerprint density at radius 2 is 2.06 bits per heavy atom. The summed E-state index contributed by atoms with van der Waals surface area (Å²) >= 11 is 3.10.